The number of rotatable bonds is 6. The van der Waals surface area contributed by atoms with Crippen LogP contribution in [0.15, 0.2) is 42.5 Å². The van der Waals surface area contributed by atoms with Crippen LogP contribution in [0.25, 0.3) is 11.4 Å². The molecule has 0 bridgehead atoms. The van der Waals surface area contributed by atoms with Crippen LogP contribution < -0.4 is 14.5 Å². The minimum Gasteiger partial charge on any atom is -0.494 e. The molecule has 1 aliphatic heterocycles. The van der Waals surface area contributed by atoms with Crippen LogP contribution in [0.2, 0.25) is 0 Å². The molecule has 0 saturated carbocycles. The van der Waals surface area contributed by atoms with Crippen LogP contribution in [-0.2, 0) is 13.2 Å². The van der Waals surface area contributed by atoms with Crippen molar-refractivity contribution in [3.63, 3.8) is 0 Å². The van der Waals surface area contributed by atoms with E-state index in [2.05, 4.69) is 34.5 Å². The van der Waals surface area contributed by atoms with Crippen LogP contribution in [0.5, 0.6) is 5.75 Å². The second-order valence-electron chi connectivity index (χ2n) is 7.66. The molecule has 0 spiro atoms. The van der Waals surface area contributed by atoms with Gasteiger partial charge in [0.1, 0.15) is 32.7 Å². The highest BCUT2D eigenvalue weighted by molar-refractivity contribution is 5.53. The number of aryl methyl sites for hydroxylation is 1. The second-order valence-corrected chi connectivity index (χ2v) is 7.66. The Labute approximate surface area is 169 Å². The Bertz CT molecular complexity index is 950. The van der Waals surface area contributed by atoms with Crippen molar-refractivity contribution in [2.75, 3.05) is 33.3 Å². The molecule has 0 unspecified atom stereocenters. The summed E-state index contributed by atoms with van der Waals surface area (Å²) in [7, 11) is 1.49. The van der Waals surface area contributed by atoms with Crippen molar-refractivity contribution in [1.82, 2.24) is 20.2 Å². The zero-order valence-electron chi connectivity index (χ0n) is 16.9. The van der Waals surface area contributed by atoms with Crippen LogP contribution in [0, 0.1) is 12.7 Å². The SMILES string of the molecule is COc1ccc(C[NH+]2CC[NH+](Cn3nnc(-c4ccc(C)cc4)n3)CC2)cc1F. The quantitative estimate of drug-likeness (QED) is 0.601. The largest absolute Gasteiger partial charge is 0.494 e. The van der Waals surface area contributed by atoms with Crippen molar-refractivity contribution < 1.29 is 18.9 Å². The summed E-state index contributed by atoms with van der Waals surface area (Å²) in [5.41, 5.74) is 3.20. The fraction of sp³-hybridized carbons (Fsp3) is 0.381. The van der Waals surface area contributed by atoms with Crippen LogP contribution >= 0.6 is 0 Å². The average molecular weight is 398 g/mol. The Morgan fingerprint density at radius 2 is 1.76 bits per heavy atom. The number of benzene rings is 2. The molecule has 29 heavy (non-hydrogen) atoms. The number of methoxy groups -OCH3 is 1. The summed E-state index contributed by atoms with van der Waals surface area (Å²) >= 11 is 0. The Hall–Kier alpha value is -2.84. The Morgan fingerprint density at radius 3 is 2.45 bits per heavy atom. The Morgan fingerprint density at radius 1 is 1.03 bits per heavy atom. The summed E-state index contributed by atoms with van der Waals surface area (Å²) in [6, 6.07) is 13.4. The molecule has 3 aromatic rings. The molecule has 1 aromatic heterocycles. The lowest BCUT2D eigenvalue weighted by atomic mass is 10.1. The third-order valence-electron chi connectivity index (χ3n) is 5.46. The minimum atomic E-state index is -0.296. The molecule has 0 atom stereocenters. The van der Waals surface area contributed by atoms with Crippen molar-refractivity contribution in [3.05, 3.63) is 59.4 Å². The van der Waals surface area contributed by atoms with Crippen LogP contribution in [0.1, 0.15) is 11.1 Å². The van der Waals surface area contributed by atoms with Gasteiger partial charge in [0.05, 0.1) is 7.11 Å². The summed E-state index contributed by atoms with van der Waals surface area (Å²) in [5, 5.41) is 12.9. The van der Waals surface area contributed by atoms with Gasteiger partial charge in [0, 0.05) is 11.1 Å². The first-order chi connectivity index (χ1) is 14.1. The first kappa shape index (κ1) is 19.5. The summed E-state index contributed by atoms with van der Waals surface area (Å²) in [5.74, 6) is 0.661. The first-order valence-corrected chi connectivity index (χ1v) is 9.95. The van der Waals surface area contributed by atoms with E-state index in [1.165, 1.54) is 22.5 Å². The maximum absolute atomic E-state index is 13.9. The summed E-state index contributed by atoms with van der Waals surface area (Å²) in [6.07, 6.45) is 0. The number of hydrogen-bond donors (Lipinski definition) is 2. The average Bonchev–Trinajstić information content (AvgIpc) is 3.19. The zero-order chi connectivity index (χ0) is 20.2. The highest BCUT2D eigenvalue weighted by atomic mass is 19.1. The maximum Gasteiger partial charge on any atom is 0.205 e. The molecule has 1 fully saturated rings. The predicted octanol–water partition coefficient (Wildman–Crippen LogP) is -0.263. The van der Waals surface area contributed by atoms with Crippen LogP contribution in [0.3, 0.4) is 0 Å². The van der Waals surface area contributed by atoms with Crippen LogP contribution in [-0.4, -0.2) is 53.5 Å². The minimum absolute atomic E-state index is 0.295. The molecule has 2 heterocycles. The van der Waals surface area contributed by atoms with Gasteiger partial charge in [-0.3, -0.25) is 0 Å². The van der Waals surface area contributed by atoms with E-state index in [0.717, 1.165) is 43.9 Å². The van der Waals surface area contributed by atoms with Gasteiger partial charge in [-0.1, -0.05) is 29.8 Å². The highest BCUT2D eigenvalue weighted by Gasteiger charge is 2.24. The lowest BCUT2D eigenvalue weighted by Gasteiger charge is -2.29. The van der Waals surface area contributed by atoms with Gasteiger partial charge >= 0.3 is 0 Å². The van der Waals surface area contributed by atoms with Crippen molar-refractivity contribution in [2.24, 2.45) is 0 Å². The van der Waals surface area contributed by atoms with Gasteiger partial charge in [0.25, 0.3) is 0 Å². The maximum atomic E-state index is 13.9. The third kappa shape index (κ3) is 4.78. The normalized spacial score (nSPS) is 19.3. The number of aromatic nitrogens is 4. The molecule has 4 rings (SSSR count). The van der Waals surface area contributed by atoms with Gasteiger partial charge in [-0.05, 0) is 30.3 Å². The Balaban J connectivity index is 1.29. The van der Waals surface area contributed by atoms with E-state index >= 15 is 0 Å². The van der Waals surface area contributed by atoms with Crippen molar-refractivity contribution in [1.29, 1.82) is 0 Å². The molecule has 0 amide bonds. The molecule has 2 N–H and O–H groups in total. The number of nitrogens with one attached hydrogen (secondary N) is 2. The molecule has 2 aromatic carbocycles. The van der Waals surface area contributed by atoms with E-state index in [1.807, 2.05) is 18.2 Å². The number of nitrogens with zero attached hydrogens (tertiary/aromatic N) is 4. The highest BCUT2D eigenvalue weighted by Crippen LogP contribution is 2.17. The molecular formula is C21H27FN6O+2. The number of piperazine rings is 1. The van der Waals surface area contributed by atoms with E-state index in [4.69, 9.17) is 4.74 Å². The topological polar surface area (TPSA) is 61.7 Å². The van der Waals surface area contributed by atoms with Gasteiger partial charge in [0.2, 0.25) is 5.82 Å². The number of halogens is 1. The molecule has 8 heteroatoms. The molecule has 152 valence electrons. The van der Waals surface area contributed by atoms with Crippen LogP contribution in [0.4, 0.5) is 4.39 Å². The smallest absolute Gasteiger partial charge is 0.205 e. The molecule has 1 saturated heterocycles. The molecule has 0 aliphatic carbocycles. The zero-order valence-corrected chi connectivity index (χ0v) is 16.9. The van der Waals surface area contributed by atoms with E-state index < -0.39 is 0 Å². The van der Waals surface area contributed by atoms with Crippen molar-refractivity contribution in [3.8, 4) is 17.1 Å². The molecular weight excluding hydrogens is 371 g/mol. The van der Waals surface area contributed by atoms with Crippen molar-refractivity contribution >= 4 is 0 Å². The molecule has 7 nitrogen and oxygen atoms in total. The third-order valence-corrected chi connectivity index (χ3v) is 5.46. The number of hydrogen-bond acceptors (Lipinski definition) is 4. The fourth-order valence-electron chi connectivity index (χ4n) is 3.73. The van der Waals surface area contributed by atoms with Gasteiger partial charge in [-0.2, -0.15) is 0 Å². The van der Waals surface area contributed by atoms with E-state index in [-0.39, 0.29) is 5.82 Å². The Kier molecular flexibility index (Phi) is 5.82. The van der Waals surface area contributed by atoms with Gasteiger partial charge in [0.15, 0.2) is 18.2 Å². The standard InChI is InChI=1S/C21H25FN6O/c1-16-3-6-18(7-4-16)21-23-25-28(24-21)15-27-11-9-26(10-12-27)14-17-5-8-20(29-2)19(22)13-17/h3-8,13H,9-12,14-15H2,1-2H3/p+2. The van der Waals surface area contributed by atoms with Gasteiger partial charge in [-0.25, -0.2) is 4.39 Å². The fourth-order valence-corrected chi connectivity index (χ4v) is 3.73. The number of ether oxygens (including phenoxy) is 1. The number of tetrazole rings is 1. The van der Waals surface area contributed by atoms with E-state index in [1.54, 1.807) is 16.9 Å². The summed E-state index contributed by atoms with van der Waals surface area (Å²) in [6.45, 7) is 7.70. The monoisotopic (exact) mass is 398 g/mol. The first-order valence-electron chi connectivity index (χ1n) is 9.95. The van der Waals surface area contributed by atoms with E-state index in [9.17, 15) is 4.39 Å². The van der Waals surface area contributed by atoms with Crippen molar-refractivity contribution in [2.45, 2.75) is 20.1 Å². The second kappa shape index (κ2) is 8.67. The van der Waals surface area contributed by atoms with E-state index in [0.29, 0.717) is 18.2 Å². The lowest BCUT2D eigenvalue weighted by molar-refractivity contribution is -1.03. The lowest BCUT2D eigenvalue weighted by Crippen LogP contribution is -3.27. The molecule has 0 radical (unpaired) electrons. The molecule has 1 aliphatic rings. The number of quaternary nitrogens is 2. The summed E-state index contributed by atoms with van der Waals surface area (Å²) in [4.78, 5) is 4.58. The summed E-state index contributed by atoms with van der Waals surface area (Å²) < 4.78 is 18.9. The predicted molar refractivity (Wildman–Crippen MR) is 106 cm³/mol. The van der Waals surface area contributed by atoms with Gasteiger partial charge < -0.3 is 14.5 Å². The van der Waals surface area contributed by atoms with Gasteiger partial charge in [-0.15, -0.1) is 15.0 Å².